The average molecular weight is 485 g/mol. The molecule has 9 nitrogen and oxygen atoms in total. The van der Waals surface area contributed by atoms with Crippen LogP contribution in [0.3, 0.4) is 0 Å². The molecule has 0 aliphatic carbocycles. The third-order valence-electron chi connectivity index (χ3n) is 5.32. The van der Waals surface area contributed by atoms with Gasteiger partial charge in [-0.05, 0) is 43.7 Å². The maximum atomic E-state index is 13.0. The van der Waals surface area contributed by atoms with Gasteiger partial charge in [0, 0.05) is 31.0 Å². The van der Waals surface area contributed by atoms with Crippen molar-refractivity contribution < 1.29 is 23.1 Å². The standard InChI is InChI=1S/C23H22F3N7O2/c1-13(2)33-12-28-31-20(33)17-5-4-6-19(29-17)30-21(34)16-9-15(11-32(3)22(16)35)14-7-8-18(27-10-14)23(24,25)26/h4-13,22,35H,1-3H3,(H,29,30,34). The SMILES string of the molecule is CC(C)n1cnnc1-c1cccc(NC(=O)C2=CC(c3ccc(C(F)(F)F)nc3)=CN(C)C2O)n1. The van der Waals surface area contributed by atoms with Crippen LogP contribution in [0.2, 0.25) is 0 Å². The zero-order chi connectivity index (χ0) is 25.3. The third-order valence-corrected chi connectivity index (χ3v) is 5.32. The van der Waals surface area contributed by atoms with Crippen molar-refractivity contribution in [3.63, 3.8) is 0 Å². The fraction of sp³-hybridized carbons (Fsp3) is 0.261. The largest absolute Gasteiger partial charge is 0.433 e. The number of aliphatic hydroxyl groups excluding tert-OH is 1. The van der Waals surface area contributed by atoms with Gasteiger partial charge in [0.15, 0.2) is 12.1 Å². The van der Waals surface area contributed by atoms with Gasteiger partial charge in [0.25, 0.3) is 5.91 Å². The van der Waals surface area contributed by atoms with E-state index in [2.05, 4.69) is 25.5 Å². The summed E-state index contributed by atoms with van der Waals surface area (Å²) in [6.45, 7) is 3.95. The molecule has 12 heteroatoms. The summed E-state index contributed by atoms with van der Waals surface area (Å²) < 4.78 is 40.3. The molecule has 1 atom stereocenters. The van der Waals surface area contributed by atoms with Crippen molar-refractivity contribution in [2.24, 2.45) is 0 Å². The Hall–Kier alpha value is -4.06. The summed E-state index contributed by atoms with van der Waals surface area (Å²) in [6, 6.07) is 7.25. The van der Waals surface area contributed by atoms with Gasteiger partial charge in [0.2, 0.25) is 0 Å². The predicted molar refractivity (Wildman–Crippen MR) is 121 cm³/mol. The van der Waals surface area contributed by atoms with E-state index < -0.39 is 24.0 Å². The van der Waals surface area contributed by atoms with Gasteiger partial charge in [0.05, 0.1) is 5.57 Å². The molecule has 1 aliphatic heterocycles. The van der Waals surface area contributed by atoms with Crippen LogP contribution in [0.15, 0.2) is 60.7 Å². The summed E-state index contributed by atoms with van der Waals surface area (Å²) in [5.74, 6) is 0.145. The maximum Gasteiger partial charge on any atom is 0.433 e. The first-order chi connectivity index (χ1) is 16.5. The lowest BCUT2D eigenvalue weighted by Crippen LogP contribution is -2.36. The summed E-state index contributed by atoms with van der Waals surface area (Å²) in [7, 11) is 1.54. The number of carbonyl (C=O) groups excluding carboxylic acids is 1. The predicted octanol–water partition coefficient (Wildman–Crippen LogP) is 3.50. The Labute approximate surface area is 198 Å². The normalized spacial score (nSPS) is 16.2. The van der Waals surface area contributed by atoms with Gasteiger partial charge in [-0.15, -0.1) is 10.2 Å². The molecule has 1 unspecified atom stereocenters. The highest BCUT2D eigenvalue weighted by Gasteiger charge is 2.32. The van der Waals surface area contributed by atoms with E-state index in [1.165, 1.54) is 23.2 Å². The first-order valence-corrected chi connectivity index (χ1v) is 10.6. The third kappa shape index (κ3) is 5.06. The number of nitrogens with zero attached hydrogens (tertiary/aromatic N) is 6. The summed E-state index contributed by atoms with van der Waals surface area (Å²) in [6.07, 6.45) is -0.240. The van der Waals surface area contributed by atoms with Crippen molar-refractivity contribution >= 4 is 17.3 Å². The summed E-state index contributed by atoms with van der Waals surface area (Å²) in [5.41, 5.74) is 0.238. The van der Waals surface area contributed by atoms with Crippen molar-refractivity contribution in [3.05, 3.63) is 72.0 Å². The molecule has 0 fully saturated rings. The highest BCUT2D eigenvalue weighted by atomic mass is 19.4. The molecule has 0 radical (unpaired) electrons. The molecule has 3 aromatic rings. The fourth-order valence-corrected chi connectivity index (χ4v) is 3.48. The monoisotopic (exact) mass is 485 g/mol. The van der Waals surface area contributed by atoms with E-state index in [4.69, 9.17) is 0 Å². The molecule has 0 spiro atoms. The van der Waals surface area contributed by atoms with E-state index in [1.54, 1.807) is 31.6 Å². The Morgan fingerprint density at radius 2 is 1.97 bits per heavy atom. The first-order valence-electron chi connectivity index (χ1n) is 10.6. The smallest absolute Gasteiger partial charge is 0.369 e. The Morgan fingerprint density at radius 3 is 2.63 bits per heavy atom. The Morgan fingerprint density at radius 1 is 1.20 bits per heavy atom. The summed E-state index contributed by atoms with van der Waals surface area (Å²) >= 11 is 0. The topological polar surface area (TPSA) is 109 Å². The van der Waals surface area contributed by atoms with Crippen LogP contribution < -0.4 is 5.32 Å². The van der Waals surface area contributed by atoms with Gasteiger partial charge in [-0.3, -0.25) is 9.78 Å². The minimum absolute atomic E-state index is 0.0116. The van der Waals surface area contributed by atoms with Crippen LogP contribution in [0.5, 0.6) is 0 Å². The van der Waals surface area contributed by atoms with Crippen LogP contribution in [0, 0.1) is 0 Å². The van der Waals surface area contributed by atoms with E-state index in [0.29, 0.717) is 22.7 Å². The molecular formula is C23H22F3N7O2. The molecular weight excluding hydrogens is 463 g/mol. The van der Waals surface area contributed by atoms with Gasteiger partial charge < -0.3 is 19.9 Å². The average Bonchev–Trinajstić information content (AvgIpc) is 3.31. The molecule has 2 N–H and O–H groups in total. The number of likely N-dealkylation sites (N-methyl/N-ethyl adjacent to an activating group) is 1. The van der Waals surface area contributed by atoms with Gasteiger partial charge in [-0.1, -0.05) is 12.1 Å². The van der Waals surface area contributed by atoms with Crippen molar-refractivity contribution in [1.82, 2.24) is 29.6 Å². The molecule has 0 saturated heterocycles. The Kier molecular flexibility index (Phi) is 6.39. The van der Waals surface area contributed by atoms with E-state index in [9.17, 15) is 23.1 Å². The number of aromatic nitrogens is 5. The van der Waals surface area contributed by atoms with Gasteiger partial charge in [-0.25, -0.2) is 4.98 Å². The van der Waals surface area contributed by atoms with Crippen molar-refractivity contribution in [1.29, 1.82) is 0 Å². The second-order valence-corrected chi connectivity index (χ2v) is 8.17. The minimum Gasteiger partial charge on any atom is -0.369 e. The number of hydrogen-bond acceptors (Lipinski definition) is 7. The molecule has 1 aliphatic rings. The highest BCUT2D eigenvalue weighted by molar-refractivity contribution is 6.06. The van der Waals surface area contributed by atoms with Crippen LogP contribution in [0.4, 0.5) is 19.0 Å². The lowest BCUT2D eigenvalue weighted by molar-refractivity contribution is -0.141. The zero-order valence-corrected chi connectivity index (χ0v) is 19.0. The highest BCUT2D eigenvalue weighted by Crippen LogP contribution is 2.30. The fourth-order valence-electron chi connectivity index (χ4n) is 3.48. The van der Waals surface area contributed by atoms with Gasteiger partial charge in [-0.2, -0.15) is 13.2 Å². The van der Waals surface area contributed by atoms with Gasteiger partial charge in [0.1, 0.15) is 23.5 Å². The number of alkyl halides is 3. The number of halogens is 3. The first kappa shape index (κ1) is 24.1. The van der Waals surface area contributed by atoms with Crippen molar-refractivity contribution in [2.75, 3.05) is 12.4 Å². The summed E-state index contributed by atoms with van der Waals surface area (Å²) in [5, 5.41) is 21.2. The number of allylic oxidation sites excluding steroid dienone is 2. The number of nitrogens with one attached hydrogen (secondary N) is 1. The molecule has 0 aromatic carbocycles. The maximum absolute atomic E-state index is 13.0. The van der Waals surface area contributed by atoms with Crippen molar-refractivity contribution in [3.8, 4) is 11.5 Å². The van der Waals surface area contributed by atoms with Crippen LogP contribution in [-0.4, -0.2) is 53.9 Å². The molecule has 0 bridgehead atoms. The minimum atomic E-state index is -4.56. The Balaban J connectivity index is 1.58. The number of carbonyl (C=O) groups is 1. The molecule has 4 heterocycles. The van der Waals surface area contributed by atoms with E-state index in [0.717, 1.165) is 12.3 Å². The lowest BCUT2D eigenvalue weighted by Gasteiger charge is -2.28. The number of aliphatic hydroxyl groups is 1. The zero-order valence-electron chi connectivity index (χ0n) is 19.0. The van der Waals surface area contributed by atoms with Gasteiger partial charge >= 0.3 is 6.18 Å². The molecule has 35 heavy (non-hydrogen) atoms. The summed E-state index contributed by atoms with van der Waals surface area (Å²) in [4.78, 5) is 22.3. The second-order valence-electron chi connectivity index (χ2n) is 8.17. The quantitative estimate of drug-likeness (QED) is 0.569. The Bertz CT molecular complexity index is 1300. The number of pyridine rings is 2. The van der Waals surface area contributed by atoms with Crippen LogP contribution >= 0.6 is 0 Å². The number of hydrogen-bond donors (Lipinski definition) is 2. The second kappa shape index (κ2) is 9.29. The number of anilines is 1. The number of amides is 1. The molecule has 0 saturated carbocycles. The van der Waals surface area contributed by atoms with E-state index in [1.807, 2.05) is 18.4 Å². The van der Waals surface area contributed by atoms with E-state index in [-0.39, 0.29) is 17.4 Å². The molecule has 1 amide bonds. The van der Waals surface area contributed by atoms with Crippen molar-refractivity contribution in [2.45, 2.75) is 32.3 Å². The van der Waals surface area contributed by atoms with Crippen LogP contribution in [-0.2, 0) is 11.0 Å². The molecule has 4 rings (SSSR count). The number of rotatable bonds is 5. The molecule has 182 valence electrons. The lowest BCUT2D eigenvalue weighted by atomic mass is 10.00. The van der Waals surface area contributed by atoms with Crippen LogP contribution in [0.1, 0.15) is 31.1 Å². The van der Waals surface area contributed by atoms with Crippen LogP contribution in [0.25, 0.3) is 17.1 Å². The van der Waals surface area contributed by atoms with E-state index >= 15 is 0 Å². The molecule has 3 aromatic heterocycles.